The normalized spacial score (nSPS) is 31.7. The fourth-order valence-electron chi connectivity index (χ4n) is 3.70. The molecule has 3 heterocycles. The summed E-state index contributed by atoms with van der Waals surface area (Å²) in [5.74, 6) is -2.68. The molecule has 0 aromatic heterocycles. The van der Waals surface area contributed by atoms with Gasteiger partial charge in [0.25, 0.3) is 0 Å². The lowest BCUT2D eigenvalue weighted by atomic mass is 9.81. The zero-order valence-electron chi connectivity index (χ0n) is 12.2. The van der Waals surface area contributed by atoms with E-state index >= 15 is 0 Å². The molecule has 3 aliphatic rings. The first kappa shape index (κ1) is 15.3. The molecule has 8 heteroatoms. The minimum atomic E-state index is -4.56. The van der Waals surface area contributed by atoms with E-state index in [0.29, 0.717) is 5.57 Å². The minimum Gasteiger partial charge on any atom is -0.392 e. The number of anilines is 1. The molecule has 1 aromatic rings. The number of amides is 2. The second-order valence-electron chi connectivity index (χ2n) is 6.03. The third-order valence-corrected chi connectivity index (χ3v) is 4.74. The lowest BCUT2D eigenvalue weighted by Crippen LogP contribution is -2.35. The zero-order valence-corrected chi connectivity index (χ0v) is 12.2. The summed E-state index contributed by atoms with van der Waals surface area (Å²) in [6, 6.07) is 4.14. The lowest BCUT2D eigenvalue weighted by Gasteiger charge is -2.19. The first-order valence-electron chi connectivity index (χ1n) is 7.35. The van der Waals surface area contributed by atoms with E-state index in [1.54, 1.807) is 6.08 Å². The van der Waals surface area contributed by atoms with Crippen LogP contribution in [0.25, 0.3) is 0 Å². The van der Waals surface area contributed by atoms with Crippen molar-refractivity contribution in [3.8, 4) is 0 Å². The number of hydrogen-bond acceptors (Lipinski definition) is 4. The molecule has 1 N–H and O–H groups in total. The highest BCUT2D eigenvalue weighted by molar-refractivity contribution is 6.23. The molecule has 2 fully saturated rings. The standard InChI is InChI=1S/C16H12F3NO4/c17-16(18,19)8-2-1-3-9(5-8)20-14(22)11-10-4-7(6-21)13(24-10)12(11)15(20)23/h1-5,10-13,21H,6H2/t10?,11-,12-,13?/m1/s1. The van der Waals surface area contributed by atoms with Crippen molar-refractivity contribution in [1.29, 1.82) is 0 Å². The maximum Gasteiger partial charge on any atom is 0.416 e. The van der Waals surface area contributed by atoms with Crippen LogP contribution < -0.4 is 4.90 Å². The van der Waals surface area contributed by atoms with Gasteiger partial charge in [0.15, 0.2) is 0 Å². The molecule has 1 aromatic carbocycles. The molecular weight excluding hydrogens is 327 g/mol. The highest BCUT2D eigenvalue weighted by atomic mass is 19.4. The van der Waals surface area contributed by atoms with Gasteiger partial charge in [0.05, 0.1) is 41.9 Å². The molecule has 2 unspecified atom stereocenters. The van der Waals surface area contributed by atoms with E-state index in [2.05, 4.69) is 0 Å². The molecule has 4 atom stereocenters. The second-order valence-corrected chi connectivity index (χ2v) is 6.03. The van der Waals surface area contributed by atoms with Gasteiger partial charge in [-0.05, 0) is 23.8 Å². The maximum absolute atomic E-state index is 12.9. The van der Waals surface area contributed by atoms with Crippen LogP contribution in [0.5, 0.6) is 0 Å². The van der Waals surface area contributed by atoms with Crippen LogP contribution in [0.15, 0.2) is 35.9 Å². The minimum absolute atomic E-state index is 0.0980. The molecule has 2 bridgehead atoms. The maximum atomic E-state index is 12.9. The van der Waals surface area contributed by atoms with Crippen LogP contribution in [0.1, 0.15) is 5.56 Å². The quantitative estimate of drug-likeness (QED) is 0.655. The van der Waals surface area contributed by atoms with Crippen molar-refractivity contribution >= 4 is 17.5 Å². The van der Waals surface area contributed by atoms with Crippen LogP contribution in [0.2, 0.25) is 0 Å². The number of benzene rings is 1. The van der Waals surface area contributed by atoms with Crippen molar-refractivity contribution < 1.29 is 32.6 Å². The number of nitrogens with zero attached hydrogens (tertiary/aromatic N) is 1. The summed E-state index contributed by atoms with van der Waals surface area (Å²) in [5, 5.41) is 9.29. The van der Waals surface area contributed by atoms with Crippen molar-refractivity contribution in [3.63, 3.8) is 0 Å². The highest BCUT2D eigenvalue weighted by Gasteiger charge is 2.63. The topological polar surface area (TPSA) is 66.8 Å². The summed E-state index contributed by atoms with van der Waals surface area (Å²) in [6.45, 7) is -0.282. The van der Waals surface area contributed by atoms with E-state index in [9.17, 15) is 27.9 Å². The number of ether oxygens (including phenoxy) is 1. The third kappa shape index (κ3) is 1.96. The van der Waals surface area contributed by atoms with Gasteiger partial charge in [0, 0.05) is 0 Å². The van der Waals surface area contributed by atoms with Gasteiger partial charge in [-0.3, -0.25) is 9.59 Å². The van der Waals surface area contributed by atoms with Crippen LogP contribution in [0.4, 0.5) is 18.9 Å². The predicted octanol–water partition coefficient (Wildman–Crippen LogP) is 1.51. The number of hydrogen-bond donors (Lipinski definition) is 1. The summed E-state index contributed by atoms with van der Waals surface area (Å²) >= 11 is 0. The van der Waals surface area contributed by atoms with Gasteiger partial charge in [0.1, 0.15) is 0 Å². The van der Waals surface area contributed by atoms with Crippen molar-refractivity contribution in [3.05, 3.63) is 41.5 Å². The molecule has 2 amide bonds. The molecule has 0 radical (unpaired) electrons. The Bertz CT molecular complexity index is 773. The van der Waals surface area contributed by atoms with Gasteiger partial charge in [0.2, 0.25) is 11.8 Å². The first-order valence-corrected chi connectivity index (χ1v) is 7.35. The lowest BCUT2D eigenvalue weighted by molar-refractivity contribution is -0.137. The molecule has 0 spiro atoms. The monoisotopic (exact) mass is 339 g/mol. The van der Waals surface area contributed by atoms with Gasteiger partial charge < -0.3 is 9.84 Å². The Morgan fingerprint density at radius 2 is 1.88 bits per heavy atom. The van der Waals surface area contributed by atoms with Gasteiger partial charge >= 0.3 is 6.18 Å². The fourth-order valence-corrected chi connectivity index (χ4v) is 3.70. The first-order chi connectivity index (χ1) is 11.3. The number of halogens is 3. The number of rotatable bonds is 2. The van der Waals surface area contributed by atoms with E-state index in [4.69, 9.17) is 4.74 Å². The number of imide groups is 1. The van der Waals surface area contributed by atoms with Crippen molar-refractivity contribution in [1.82, 2.24) is 0 Å². The fraction of sp³-hybridized carbons (Fsp3) is 0.375. The molecule has 4 rings (SSSR count). The number of carbonyl (C=O) groups is 2. The Labute approximate surface area is 134 Å². The van der Waals surface area contributed by atoms with Crippen LogP contribution >= 0.6 is 0 Å². The summed E-state index contributed by atoms with van der Waals surface area (Å²) in [5.41, 5.74) is -0.487. The van der Waals surface area contributed by atoms with E-state index in [-0.39, 0.29) is 12.3 Å². The summed E-state index contributed by atoms with van der Waals surface area (Å²) in [4.78, 5) is 26.0. The average molecular weight is 339 g/mol. The number of aliphatic hydroxyl groups is 1. The van der Waals surface area contributed by atoms with Gasteiger partial charge in [-0.15, -0.1) is 0 Å². The Balaban J connectivity index is 1.71. The van der Waals surface area contributed by atoms with E-state index in [1.807, 2.05) is 0 Å². The predicted molar refractivity (Wildman–Crippen MR) is 74.7 cm³/mol. The summed E-state index contributed by atoms with van der Waals surface area (Å²) < 4.78 is 44.1. The van der Waals surface area contributed by atoms with Crippen molar-refractivity contribution in [2.75, 3.05) is 11.5 Å². The number of aliphatic hydroxyl groups excluding tert-OH is 1. The molecule has 24 heavy (non-hydrogen) atoms. The second kappa shape index (κ2) is 4.90. The molecule has 0 aliphatic carbocycles. The SMILES string of the molecule is O=C1[C@@H]2C3C=C(CO)C(O3)[C@@H]2C(=O)N1c1cccc(C(F)(F)F)c1. The van der Waals surface area contributed by atoms with E-state index in [0.717, 1.165) is 23.1 Å². The van der Waals surface area contributed by atoms with Crippen LogP contribution in [0, 0.1) is 11.8 Å². The zero-order chi connectivity index (χ0) is 17.2. The molecular formula is C16H12F3NO4. The van der Waals surface area contributed by atoms with Crippen LogP contribution in [0.3, 0.4) is 0 Å². The molecule has 5 nitrogen and oxygen atoms in total. The third-order valence-electron chi connectivity index (χ3n) is 4.74. The summed E-state index contributed by atoms with van der Waals surface area (Å²) in [7, 11) is 0. The van der Waals surface area contributed by atoms with Gasteiger partial charge in [-0.1, -0.05) is 12.1 Å². The van der Waals surface area contributed by atoms with E-state index in [1.165, 1.54) is 6.07 Å². The molecule has 126 valence electrons. The Hall–Kier alpha value is -2.19. The van der Waals surface area contributed by atoms with Crippen molar-refractivity contribution in [2.45, 2.75) is 18.4 Å². The number of fused-ring (bicyclic) bond motifs is 5. The van der Waals surface area contributed by atoms with Crippen LogP contribution in [-0.2, 0) is 20.5 Å². The smallest absolute Gasteiger partial charge is 0.392 e. The highest BCUT2D eigenvalue weighted by Crippen LogP contribution is 2.49. The Kier molecular flexibility index (Phi) is 3.14. The van der Waals surface area contributed by atoms with E-state index < -0.39 is 47.6 Å². The Morgan fingerprint density at radius 3 is 2.54 bits per heavy atom. The largest absolute Gasteiger partial charge is 0.416 e. The Morgan fingerprint density at radius 1 is 1.17 bits per heavy atom. The molecule has 2 saturated heterocycles. The molecule has 0 saturated carbocycles. The van der Waals surface area contributed by atoms with Crippen LogP contribution in [-0.4, -0.2) is 35.7 Å². The average Bonchev–Trinajstić information content (AvgIpc) is 3.18. The van der Waals surface area contributed by atoms with Gasteiger partial charge in [-0.2, -0.15) is 13.2 Å². The molecule has 3 aliphatic heterocycles. The van der Waals surface area contributed by atoms with Crippen molar-refractivity contribution in [2.24, 2.45) is 11.8 Å². The number of carbonyl (C=O) groups excluding carboxylic acids is 2. The van der Waals surface area contributed by atoms with Gasteiger partial charge in [-0.25, -0.2) is 4.90 Å². The summed E-state index contributed by atoms with van der Waals surface area (Å²) in [6.07, 6.45) is -4.25. The number of alkyl halides is 3.